The fourth-order valence-electron chi connectivity index (χ4n) is 3.31. The van der Waals surface area contributed by atoms with Gasteiger partial charge >= 0.3 is 0 Å². The van der Waals surface area contributed by atoms with Crippen LogP contribution < -0.4 is 10.0 Å². The molecule has 0 spiro atoms. The Morgan fingerprint density at radius 3 is 2.48 bits per heavy atom. The number of hydrogen-bond acceptors (Lipinski definition) is 6. The first kappa shape index (κ1) is 20.5. The van der Waals surface area contributed by atoms with E-state index in [2.05, 4.69) is 25.0 Å². The Labute approximate surface area is 179 Å². The normalized spacial score (nSPS) is 12.4. The maximum absolute atomic E-state index is 13.0. The number of fused-ring (bicyclic) bond motifs is 1. The summed E-state index contributed by atoms with van der Waals surface area (Å²) in [4.78, 5) is 12.9. The van der Waals surface area contributed by atoms with Gasteiger partial charge in [0.1, 0.15) is 10.4 Å². The van der Waals surface area contributed by atoms with Crippen molar-refractivity contribution in [3.05, 3.63) is 83.9 Å². The summed E-state index contributed by atoms with van der Waals surface area (Å²) in [6.07, 6.45) is 0.685. The Kier molecular flexibility index (Phi) is 5.68. The van der Waals surface area contributed by atoms with Crippen LogP contribution in [0.5, 0.6) is 0 Å². The third-order valence-electron chi connectivity index (χ3n) is 4.87. The van der Waals surface area contributed by atoms with Crippen molar-refractivity contribution in [2.45, 2.75) is 24.3 Å². The maximum atomic E-state index is 13.0. The molecule has 0 aliphatic rings. The van der Waals surface area contributed by atoms with Crippen molar-refractivity contribution < 1.29 is 17.8 Å². The lowest BCUT2D eigenvalue weighted by molar-refractivity contribution is 0.0936. The third-order valence-corrected chi connectivity index (χ3v) is 6.27. The number of benzene rings is 3. The lowest BCUT2D eigenvalue weighted by Gasteiger charge is -2.19. The summed E-state index contributed by atoms with van der Waals surface area (Å²) >= 11 is 0. The topological polar surface area (TPSA) is 114 Å². The molecule has 0 aliphatic carbocycles. The fraction of sp³-hybridized carbons (Fsp3) is 0.136. The van der Waals surface area contributed by atoms with E-state index in [1.54, 1.807) is 30.3 Å². The van der Waals surface area contributed by atoms with Crippen LogP contribution in [0.15, 0.2) is 82.3 Å². The Hall–Kier alpha value is -3.72. The van der Waals surface area contributed by atoms with E-state index in [-0.39, 0.29) is 33.6 Å². The summed E-state index contributed by atoms with van der Waals surface area (Å²) in [5, 5.41) is 10.3. The molecule has 0 aliphatic heterocycles. The maximum Gasteiger partial charge on any atom is 0.264 e. The lowest BCUT2D eigenvalue weighted by atomic mass is 10.0. The minimum absolute atomic E-state index is 0.0859. The predicted molar refractivity (Wildman–Crippen MR) is 116 cm³/mol. The zero-order valence-corrected chi connectivity index (χ0v) is 17.5. The lowest BCUT2D eigenvalue weighted by Crippen LogP contribution is -2.29. The van der Waals surface area contributed by atoms with Crippen LogP contribution in [0, 0.1) is 0 Å². The number of nitrogens with one attached hydrogen (secondary N) is 2. The number of anilines is 1. The summed E-state index contributed by atoms with van der Waals surface area (Å²) in [5.41, 5.74) is 1.79. The molecule has 9 heteroatoms. The largest absolute Gasteiger partial charge is 0.345 e. The molecule has 8 nitrogen and oxygen atoms in total. The van der Waals surface area contributed by atoms with Gasteiger partial charge in [0.15, 0.2) is 5.52 Å². The molecule has 4 aromatic rings. The highest BCUT2D eigenvalue weighted by atomic mass is 32.2. The van der Waals surface area contributed by atoms with Crippen LogP contribution in [-0.2, 0) is 10.0 Å². The van der Waals surface area contributed by atoms with E-state index in [1.807, 2.05) is 37.3 Å². The third kappa shape index (κ3) is 4.26. The van der Waals surface area contributed by atoms with Crippen molar-refractivity contribution in [1.29, 1.82) is 0 Å². The van der Waals surface area contributed by atoms with Crippen molar-refractivity contribution in [2.24, 2.45) is 0 Å². The van der Waals surface area contributed by atoms with Crippen molar-refractivity contribution in [3.8, 4) is 0 Å². The van der Waals surface area contributed by atoms with Gasteiger partial charge in [-0.25, -0.2) is 13.0 Å². The second-order valence-corrected chi connectivity index (χ2v) is 8.53. The van der Waals surface area contributed by atoms with Gasteiger partial charge in [0.25, 0.3) is 15.9 Å². The second kappa shape index (κ2) is 8.57. The molecule has 0 unspecified atom stereocenters. The standard InChI is InChI=1S/C22H20N4O4S/c1-2-17(15-9-4-3-5-10-15)23-22(27)16-11-6-7-12-18(16)26-31(28,29)20-14-8-13-19-21(20)25-30-24-19/h3-14,17,26H,2H2,1H3,(H,23,27)/t17-/m0/s1. The molecule has 31 heavy (non-hydrogen) atoms. The van der Waals surface area contributed by atoms with Gasteiger partial charge in [-0.3, -0.25) is 9.52 Å². The highest BCUT2D eigenvalue weighted by Crippen LogP contribution is 2.25. The van der Waals surface area contributed by atoms with Crippen LogP contribution in [0.2, 0.25) is 0 Å². The highest BCUT2D eigenvalue weighted by Gasteiger charge is 2.23. The van der Waals surface area contributed by atoms with E-state index in [0.29, 0.717) is 11.9 Å². The van der Waals surface area contributed by atoms with Gasteiger partial charge in [-0.1, -0.05) is 55.5 Å². The Morgan fingerprint density at radius 2 is 1.71 bits per heavy atom. The first-order chi connectivity index (χ1) is 15.0. The quantitative estimate of drug-likeness (QED) is 0.454. The SMILES string of the molecule is CC[C@H](NC(=O)c1ccccc1NS(=O)(=O)c1cccc2nonc12)c1ccccc1. The number of hydrogen-bond donors (Lipinski definition) is 2. The molecule has 0 fully saturated rings. The van der Waals surface area contributed by atoms with E-state index in [9.17, 15) is 13.2 Å². The summed E-state index contributed by atoms with van der Waals surface area (Å²) in [7, 11) is -4.04. The number of amides is 1. The monoisotopic (exact) mass is 436 g/mol. The van der Waals surface area contributed by atoms with Crippen LogP contribution in [0.1, 0.15) is 35.3 Å². The molecule has 0 saturated heterocycles. The van der Waals surface area contributed by atoms with Gasteiger partial charge in [-0.2, -0.15) is 0 Å². The van der Waals surface area contributed by atoms with Gasteiger partial charge in [-0.05, 0) is 46.6 Å². The minimum Gasteiger partial charge on any atom is -0.345 e. The van der Waals surface area contributed by atoms with E-state index in [4.69, 9.17) is 0 Å². The number of rotatable bonds is 7. The second-order valence-electron chi connectivity index (χ2n) is 6.88. The molecule has 0 radical (unpaired) electrons. The molecule has 3 aromatic carbocycles. The van der Waals surface area contributed by atoms with E-state index < -0.39 is 10.0 Å². The first-order valence-corrected chi connectivity index (χ1v) is 11.2. The average molecular weight is 436 g/mol. The zero-order valence-electron chi connectivity index (χ0n) is 16.6. The Morgan fingerprint density at radius 1 is 0.968 bits per heavy atom. The number of carbonyl (C=O) groups is 1. The highest BCUT2D eigenvalue weighted by molar-refractivity contribution is 7.93. The number of sulfonamides is 1. The van der Waals surface area contributed by atoms with E-state index in [1.165, 1.54) is 12.1 Å². The van der Waals surface area contributed by atoms with Gasteiger partial charge in [0.2, 0.25) is 0 Å². The van der Waals surface area contributed by atoms with Crippen LogP contribution in [-0.4, -0.2) is 24.6 Å². The zero-order chi connectivity index (χ0) is 21.8. The van der Waals surface area contributed by atoms with Crippen LogP contribution >= 0.6 is 0 Å². The van der Waals surface area contributed by atoms with Gasteiger partial charge in [-0.15, -0.1) is 0 Å². The van der Waals surface area contributed by atoms with Crippen LogP contribution in [0.3, 0.4) is 0 Å². The van der Waals surface area contributed by atoms with E-state index in [0.717, 1.165) is 5.56 Å². The van der Waals surface area contributed by atoms with Crippen molar-refractivity contribution in [3.63, 3.8) is 0 Å². The number of para-hydroxylation sites is 1. The average Bonchev–Trinajstić information content (AvgIpc) is 3.27. The van der Waals surface area contributed by atoms with Gasteiger partial charge in [0, 0.05) is 0 Å². The molecule has 1 amide bonds. The smallest absolute Gasteiger partial charge is 0.264 e. The number of aromatic nitrogens is 2. The van der Waals surface area contributed by atoms with Gasteiger partial charge in [0.05, 0.1) is 17.3 Å². The summed E-state index contributed by atoms with van der Waals surface area (Å²) < 4.78 is 33.2. The molecule has 2 N–H and O–H groups in total. The van der Waals surface area contributed by atoms with Crippen LogP contribution in [0.25, 0.3) is 11.0 Å². The molecule has 1 heterocycles. The molecular formula is C22H20N4O4S. The molecule has 158 valence electrons. The summed E-state index contributed by atoms with van der Waals surface area (Å²) in [6, 6.07) is 20.4. The molecule has 0 saturated carbocycles. The van der Waals surface area contributed by atoms with Crippen molar-refractivity contribution >= 4 is 32.7 Å². The van der Waals surface area contributed by atoms with E-state index >= 15 is 0 Å². The van der Waals surface area contributed by atoms with Gasteiger partial charge < -0.3 is 5.32 Å². The van der Waals surface area contributed by atoms with Crippen molar-refractivity contribution in [1.82, 2.24) is 15.6 Å². The Bertz CT molecular complexity index is 1320. The van der Waals surface area contributed by atoms with Crippen LogP contribution in [0.4, 0.5) is 5.69 Å². The first-order valence-electron chi connectivity index (χ1n) is 9.68. The predicted octanol–water partition coefficient (Wildman–Crippen LogP) is 3.90. The minimum atomic E-state index is -4.04. The molecule has 0 bridgehead atoms. The molecule has 4 rings (SSSR count). The summed E-state index contributed by atoms with van der Waals surface area (Å²) in [6.45, 7) is 1.97. The molecular weight excluding hydrogens is 416 g/mol. The Balaban J connectivity index is 1.63. The van der Waals surface area contributed by atoms with Crippen molar-refractivity contribution in [2.75, 3.05) is 4.72 Å². The summed E-state index contributed by atoms with van der Waals surface area (Å²) in [5.74, 6) is -0.379. The number of carbonyl (C=O) groups excluding carboxylic acids is 1. The fourth-order valence-corrected chi connectivity index (χ4v) is 4.54. The number of nitrogens with zero attached hydrogens (tertiary/aromatic N) is 2. The molecule has 1 aromatic heterocycles. The molecule has 1 atom stereocenters.